The molecule has 1 rings (SSSR count). The lowest BCUT2D eigenvalue weighted by molar-refractivity contribution is -0.384. The number of nitrogens with one attached hydrogen (secondary N) is 2. The molecule has 0 bridgehead atoms. The van der Waals surface area contributed by atoms with Crippen LogP contribution in [0.4, 0.5) is 17.3 Å². The number of rotatable bonds is 6. The largest absolute Gasteiger partial charge is 0.396 e. The molecule has 0 aromatic carbocycles. The third-order valence-corrected chi connectivity index (χ3v) is 2.37. The van der Waals surface area contributed by atoms with E-state index in [0.717, 1.165) is 0 Å². The van der Waals surface area contributed by atoms with E-state index in [1.165, 1.54) is 12.1 Å². The van der Waals surface area contributed by atoms with Crippen LogP contribution in [0.1, 0.15) is 20.3 Å². The fourth-order valence-corrected chi connectivity index (χ4v) is 1.45. The van der Waals surface area contributed by atoms with Crippen molar-refractivity contribution in [2.24, 2.45) is 5.84 Å². The molecule has 0 saturated carbocycles. The predicted molar refractivity (Wildman–Crippen MR) is 68.1 cm³/mol. The molecule has 0 amide bonds. The van der Waals surface area contributed by atoms with Gasteiger partial charge in [-0.05, 0) is 20.3 Å². The average molecular weight is 255 g/mol. The number of anilines is 2. The highest BCUT2D eigenvalue weighted by Gasteiger charge is 2.19. The first-order chi connectivity index (χ1) is 8.38. The molecule has 18 heavy (non-hydrogen) atoms. The number of aliphatic hydroxyl groups is 1. The first-order valence-corrected chi connectivity index (χ1v) is 5.40. The van der Waals surface area contributed by atoms with Crippen LogP contribution in [-0.2, 0) is 0 Å². The van der Waals surface area contributed by atoms with Crippen LogP contribution in [0.15, 0.2) is 12.1 Å². The summed E-state index contributed by atoms with van der Waals surface area (Å²) in [5.41, 5.74) is 1.74. The van der Waals surface area contributed by atoms with E-state index in [1.807, 2.05) is 13.8 Å². The van der Waals surface area contributed by atoms with Gasteiger partial charge in [0.25, 0.3) is 5.69 Å². The molecule has 0 aliphatic carbocycles. The van der Waals surface area contributed by atoms with Gasteiger partial charge in [0.05, 0.1) is 17.1 Å². The minimum atomic E-state index is -0.521. The number of aromatic nitrogens is 1. The lowest BCUT2D eigenvalue weighted by atomic mass is 10.0. The monoisotopic (exact) mass is 255 g/mol. The molecule has 0 unspecified atom stereocenters. The van der Waals surface area contributed by atoms with Crippen molar-refractivity contribution in [3.63, 3.8) is 0 Å². The number of pyridine rings is 1. The van der Waals surface area contributed by atoms with Crippen LogP contribution < -0.4 is 16.6 Å². The Morgan fingerprint density at radius 3 is 2.61 bits per heavy atom. The first kappa shape index (κ1) is 14.1. The quantitative estimate of drug-likeness (QED) is 0.337. The van der Waals surface area contributed by atoms with Gasteiger partial charge in [0.1, 0.15) is 11.6 Å². The van der Waals surface area contributed by atoms with Gasteiger partial charge < -0.3 is 15.8 Å². The molecule has 0 atom stereocenters. The second-order valence-corrected chi connectivity index (χ2v) is 4.48. The maximum absolute atomic E-state index is 10.8. The summed E-state index contributed by atoms with van der Waals surface area (Å²) in [6.07, 6.45) is 0.489. The Kier molecular flexibility index (Phi) is 4.40. The Hall–Kier alpha value is -1.93. The number of nitrogen functional groups attached to an aromatic ring is 1. The Balaban J connectivity index is 3.01. The van der Waals surface area contributed by atoms with Gasteiger partial charge in [-0.3, -0.25) is 10.1 Å². The Morgan fingerprint density at radius 2 is 2.11 bits per heavy atom. The van der Waals surface area contributed by atoms with Gasteiger partial charge in [-0.1, -0.05) is 0 Å². The van der Waals surface area contributed by atoms with E-state index in [9.17, 15) is 10.1 Å². The normalized spacial score (nSPS) is 11.1. The molecule has 1 aromatic rings. The predicted octanol–water partition coefficient (Wildman–Crippen LogP) is 0.848. The van der Waals surface area contributed by atoms with Crippen molar-refractivity contribution in [2.75, 3.05) is 17.3 Å². The number of nitrogens with two attached hydrogens (primary N) is 1. The average Bonchev–Trinajstić information content (AvgIpc) is 2.27. The molecule has 5 N–H and O–H groups in total. The number of aliphatic hydroxyl groups excluding tert-OH is 1. The lowest BCUT2D eigenvalue weighted by Crippen LogP contribution is -2.32. The smallest absolute Gasteiger partial charge is 0.276 e. The van der Waals surface area contributed by atoms with E-state index in [0.29, 0.717) is 12.2 Å². The summed E-state index contributed by atoms with van der Waals surface area (Å²) in [5, 5.41) is 22.7. The van der Waals surface area contributed by atoms with Crippen LogP contribution in [0, 0.1) is 10.1 Å². The van der Waals surface area contributed by atoms with Gasteiger partial charge in [0.2, 0.25) is 0 Å². The van der Waals surface area contributed by atoms with Gasteiger partial charge in [-0.2, -0.15) is 0 Å². The lowest BCUT2D eigenvalue weighted by Gasteiger charge is -2.26. The Morgan fingerprint density at radius 1 is 1.50 bits per heavy atom. The number of nitrogens with zero attached hydrogens (tertiary/aromatic N) is 2. The van der Waals surface area contributed by atoms with Crippen LogP contribution >= 0.6 is 0 Å². The fourth-order valence-electron chi connectivity index (χ4n) is 1.45. The van der Waals surface area contributed by atoms with Crippen molar-refractivity contribution in [2.45, 2.75) is 25.8 Å². The van der Waals surface area contributed by atoms with Crippen LogP contribution in [0.5, 0.6) is 0 Å². The van der Waals surface area contributed by atoms with Crippen LogP contribution in [0.3, 0.4) is 0 Å². The first-order valence-electron chi connectivity index (χ1n) is 5.40. The van der Waals surface area contributed by atoms with Crippen LogP contribution in [0.2, 0.25) is 0 Å². The number of hydrogen-bond donors (Lipinski definition) is 4. The molecule has 0 fully saturated rings. The molecule has 0 radical (unpaired) electrons. The molecule has 0 aliphatic rings. The zero-order valence-electron chi connectivity index (χ0n) is 10.3. The SMILES string of the molecule is CC(C)(CCO)Nc1cc([N+](=O)[O-])cc(NN)n1. The van der Waals surface area contributed by atoms with Gasteiger partial charge >= 0.3 is 0 Å². The summed E-state index contributed by atoms with van der Waals surface area (Å²) in [6.45, 7) is 3.73. The Bertz CT molecular complexity index is 436. The van der Waals surface area contributed by atoms with Crippen molar-refractivity contribution >= 4 is 17.3 Å². The fraction of sp³-hybridized carbons (Fsp3) is 0.500. The molecule has 0 aliphatic heterocycles. The minimum absolute atomic E-state index is 0.0108. The van der Waals surface area contributed by atoms with Crippen molar-refractivity contribution in [1.82, 2.24) is 4.98 Å². The number of nitro groups is 1. The maximum atomic E-state index is 10.8. The van der Waals surface area contributed by atoms with Crippen molar-refractivity contribution in [3.8, 4) is 0 Å². The highest BCUT2D eigenvalue weighted by Crippen LogP contribution is 2.23. The summed E-state index contributed by atoms with van der Waals surface area (Å²) in [7, 11) is 0. The summed E-state index contributed by atoms with van der Waals surface area (Å²) in [4.78, 5) is 14.3. The highest BCUT2D eigenvalue weighted by molar-refractivity contribution is 5.55. The van der Waals surface area contributed by atoms with Crippen molar-refractivity contribution < 1.29 is 10.0 Å². The summed E-state index contributed by atoms with van der Waals surface area (Å²) >= 11 is 0. The summed E-state index contributed by atoms with van der Waals surface area (Å²) < 4.78 is 0. The molecular formula is C10H17N5O3. The molecule has 1 heterocycles. The number of hydrazine groups is 1. The third-order valence-electron chi connectivity index (χ3n) is 2.37. The van der Waals surface area contributed by atoms with E-state index >= 15 is 0 Å². The number of hydrogen-bond acceptors (Lipinski definition) is 7. The molecule has 100 valence electrons. The highest BCUT2D eigenvalue weighted by atomic mass is 16.6. The molecule has 8 nitrogen and oxygen atoms in total. The molecule has 8 heteroatoms. The second-order valence-electron chi connectivity index (χ2n) is 4.48. The van der Waals surface area contributed by atoms with Crippen molar-refractivity contribution in [3.05, 3.63) is 22.2 Å². The van der Waals surface area contributed by atoms with Gasteiger partial charge in [-0.15, -0.1) is 0 Å². The van der Waals surface area contributed by atoms with Gasteiger partial charge in [0.15, 0.2) is 0 Å². The zero-order chi connectivity index (χ0) is 13.8. The topological polar surface area (TPSA) is 126 Å². The summed E-state index contributed by atoms with van der Waals surface area (Å²) in [5.74, 6) is 5.74. The van der Waals surface area contributed by atoms with E-state index in [2.05, 4.69) is 15.7 Å². The van der Waals surface area contributed by atoms with E-state index in [1.54, 1.807) is 0 Å². The minimum Gasteiger partial charge on any atom is -0.396 e. The van der Waals surface area contributed by atoms with Gasteiger partial charge in [-0.25, -0.2) is 10.8 Å². The maximum Gasteiger partial charge on any atom is 0.276 e. The van der Waals surface area contributed by atoms with Crippen molar-refractivity contribution in [1.29, 1.82) is 0 Å². The standard InChI is InChI=1S/C10H17N5O3/c1-10(2,3-4-16)13-8-5-7(15(17)18)6-9(12-8)14-11/h5-6,16H,3-4,11H2,1-2H3,(H2,12,13,14). The van der Waals surface area contributed by atoms with E-state index in [4.69, 9.17) is 10.9 Å². The molecule has 0 saturated heterocycles. The van der Waals surface area contributed by atoms with Gasteiger partial charge in [0, 0.05) is 12.1 Å². The third kappa shape index (κ3) is 3.82. The van der Waals surface area contributed by atoms with Crippen LogP contribution in [-0.4, -0.2) is 27.2 Å². The van der Waals surface area contributed by atoms with Crippen LogP contribution in [0.25, 0.3) is 0 Å². The van der Waals surface area contributed by atoms with E-state index in [-0.39, 0.29) is 18.1 Å². The zero-order valence-corrected chi connectivity index (χ0v) is 10.3. The molecule has 1 aromatic heterocycles. The summed E-state index contributed by atoms with van der Waals surface area (Å²) in [6, 6.07) is 2.56. The second kappa shape index (κ2) is 5.61. The van der Waals surface area contributed by atoms with E-state index < -0.39 is 10.5 Å². The Labute approximate surface area is 104 Å². The molecular weight excluding hydrogens is 238 g/mol. The molecule has 0 spiro atoms.